The number of alkyl halides is 3. The number of anilines is 1. The van der Waals surface area contributed by atoms with Gasteiger partial charge in [-0.25, -0.2) is 0 Å². The lowest BCUT2D eigenvalue weighted by Crippen LogP contribution is -2.23. The van der Waals surface area contributed by atoms with E-state index in [1.54, 1.807) is 48.8 Å². The number of carbonyl (C=O) groups is 2. The largest absolute Gasteiger partial charge is 0.417 e. The molecule has 0 radical (unpaired) electrons. The number of allylic oxidation sites excluding steroid dienone is 1. The van der Waals surface area contributed by atoms with E-state index in [4.69, 9.17) is 0 Å². The number of rotatable bonds is 7. The highest BCUT2D eigenvalue weighted by molar-refractivity contribution is 5.96. The Morgan fingerprint density at radius 1 is 1.03 bits per heavy atom. The van der Waals surface area contributed by atoms with Crippen molar-refractivity contribution in [3.63, 3.8) is 0 Å². The summed E-state index contributed by atoms with van der Waals surface area (Å²) >= 11 is 0. The Labute approximate surface area is 176 Å². The smallest absolute Gasteiger partial charge is 0.348 e. The van der Waals surface area contributed by atoms with Crippen molar-refractivity contribution < 1.29 is 22.8 Å². The number of halogens is 3. The molecule has 0 bridgehead atoms. The Balaban J connectivity index is 1.62. The Morgan fingerprint density at radius 3 is 2.48 bits per heavy atom. The van der Waals surface area contributed by atoms with Crippen LogP contribution in [0, 0.1) is 0 Å². The van der Waals surface area contributed by atoms with Crippen LogP contribution in [0.15, 0.2) is 79.1 Å². The van der Waals surface area contributed by atoms with E-state index in [9.17, 15) is 22.8 Å². The average molecular weight is 428 g/mol. The van der Waals surface area contributed by atoms with Gasteiger partial charge in [0.05, 0.1) is 5.57 Å². The van der Waals surface area contributed by atoms with Crippen LogP contribution < -0.4 is 10.6 Å². The SMILES string of the molecule is O=C(/C=C(/c1ccccc1)C(F)(F)F)NCc1cccc(NC(=O)Cn2cccn2)c1. The van der Waals surface area contributed by atoms with Crippen LogP contribution in [-0.2, 0) is 22.7 Å². The average Bonchev–Trinajstić information content (AvgIpc) is 3.23. The van der Waals surface area contributed by atoms with Crippen LogP contribution in [0.25, 0.3) is 5.57 Å². The summed E-state index contributed by atoms with van der Waals surface area (Å²) in [5.74, 6) is -1.16. The first kappa shape index (κ1) is 21.8. The van der Waals surface area contributed by atoms with Crippen LogP contribution in [0.4, 0.5) is 18.9 Å². The number of hydrogen-bond acceptors (Lipinski definition) is 3. The predicted octanol–water partition coefficient (Wildman–Crippen LogP) is 3.78. The van der Waals surface area contributed by atoms with Crippen LogP contribution in [-0.4, -0.2) is 27.8 Å². The second kappa shape index (κ2) is 9.75. The van der Waals surface area contributed by atoms with E-state index in [0.717, 1.165) is 0 Å². The third-order valence-corrected chi connectivity index (χ3v) is 4.21. The molecule has 0 fully saturated rings. The van der Waals surface area contributed by atoms with Crippen LogP contribution in [0.1, 0.15) is 11.1 Å². The Bertz CT molecular complexity index is 1060. The maximum atomic E-state index is 13.3. The van der Waals surface area contributed by atoms with Crippen LogP contribution >= 0.6 is 0 Å². The molecule has 3 aromatic rings. The molecule has 1 aromatic heterocycles. The summed E-state index contributed by atoms with van der Waals surface area (Å²) in [5, 5.41) is 9.10. The highest BCUT2D eigenvalue weighted by atomic mass is 19.4. The van der Waals surface area contributed by atoms with Crippen molar-refractivity contribution >= 4 is 23.1 Å². The van der Waals surface area contributed by atoms with E-state index in [2.05, 4.69) is 15.7 Å². The van der Waals surface area contributed by atoms with Gasteiger partial charge in [-0.3, -0.25) is 14.3 Å². The van der Waals surface area contributed by atoms with E-state index in [-0.39, 0.29) is 24.6 Å². The van der Waals surface area contributed by atoms with Crippen molar-refractivity contribution in [1.82, 2.24) is 15.1 Å². The van der Waals surface area contributed by atoms with Gasteiger partial charge in [-0.2, -0.15) is 18.3 Å². The zero-order valence-electron chi connectivity index (χ0n) is 16.3. The van der Waals surface area contributed by atoms with Crippen molar-refractivity contribution in [2.75, 3.05) is 5.32 Å². The molecule has 0 aliphatic rings. The quantitative estimate of drug-likeness (QED) is 0.563. The highest BCUT2D eigenvalue weighted by Crippen LogP contribution is 2.33. The normalized spacial score (nSPS) is 11.8. The summed E-state index contributed by atoms with van der Waals surface area (Å²) in [6.07, 6.45) is -0.904. The molecule has 160 valence electrons. The van der Waals surface area contributed by atoms with Gasteiger partial charge in [0.1, 0.15) is 6.54 Å². The van der Waals surface area contributed by atoms with Crippen molar-refractivity contribution in [1.29, 1.82) is 0 Å². The Hall–Kier alpha value is -3.88. The summed E-state index contributed by atoms with van der Waals surface area (Å²) in [6, 6.07) is 15.5. The van der Waals surface area contributed by atoms with E-state index < -0.39 is 17.7 Å². The van der Waals surface area contributed by atoms with Gasteiger partial charge in [0.25, 0.3) is 0 Å². The van der Waals surface area contributed by atoms with Gasteiger partial charge in [-0.05, 0) is 29.3 Å². The summed E-state index contributed by atoms with van der Waals surface area (Å²) < 4.78 is 41.5. The minimum Gasteiger partial charge on any atom is -0.348 e. The molecule has 0 unspecified atom stereocenters. The zero-order valence-corrected chi connectivity index (χ0v) is 16.3. The standard InChI is InChI=1S/C22H19F3N4O2/c23-22(24,25)19(17-7-2-1-3-8-17)13-20(30)26-14-16-6-4-9-18(12-16)28-21(31)15-29-11-5-10-27-29/h1-13H,14-15H2,(H,26,30)(H,28,31)/b19-13-. The lowest BCUT2D eigenvalue weighted by atomic mass is 10.1. The van der Waals surface area contributed by atoms with Gasteiger partial charge >= 0.3 is 6.18 Å². The molecule has 0 aliphatic heterocycles. The number of hydrogen-bond donors (Lipinski definition) is 2. The third-order valence-electron chi connectivity index (χ3n) is 4.21. The molecule has 0 saturated heterocycles. The van der Waals surface area contributed by atoms with Gasteiger partial charge in [-0.15, -0.1) is 0 Å². The van der Waals surface area contributed by atoms with E-state index in [1.165, 1.54) is 28.9 Å². The van der Waals surface area contributed by atoms with Gasteiger partial charge in [-0.1, -0.05) is 42.5 Å². The molecule has 6 nitrogen and oxygen atoms in total. The number of benzene rings is 2. The van der Waals surface area contributed by atoms with Crippen LogP contribution in [0.2, 0.25) is 0 Å². The molecule has 1 heterocycles. The molecule has 2 N–H and O–H groups in total. The number of nitrogens with zero attached hydrogens (tertiary/aromatic N) is 2. The molecule has 0 spiro atoms. The summed E-state index contributed by atoms with van der Waals surface area (Å²) in [4.78, 5) is 24.2. The zero-order chi connectivity index (χ0) is 22.3. The highest BCUT2D eigenvalue weighted by Gasteiger charge is 2.35. The fourth-order valence-corrected chi connectivity index (χ4v) is 2.82. The van der Waals surface area contributed by atoms with Gasteiger partial charge < -0.3 is 10.6 Å². The molecule has 0 aliphatic carbocycles. The van der Waals surface area contributed by atoms with Crippen LogP contribution in [0.5, 0.6) is 0 Å². The fraction of sp³-hybridized carbons (Fsp3) is 0.136. The number of aromatic nitrogens is 2. The molecule has 31 heavy (non-hydrogen) atoms. The molecule has 2 aromatic carbocycles. The molecule has 0 atom stereocenters. The fourth-order valence-electron chi connectivity index (χ4n) is 2.82. The van der Waals surface area contributed by atoms with Gasteiger partial charge in [0, 0.05) is 30.7 Å². The Kier molecular flexibility index (Phi) is 6.86. The first-order valence-corrected chi connectivity index (χ1v) is 9.29. The van der Waals surface area contributed by atoms with Crippen molar-refractivity contribution in [3.8, 4) is 0 Å². The monoisotopic (exact) mass is 428 g/mol. The van der Waals surface area contributed by atoms with Gasteiger partial charge in [0.2, 0.25) is 11.8 Å². The topological polar surface area (TPSA) is 76.0 Å². The first-order valence-electron chi connectivity index (χ1n) is 9.29. The molecule has 9 heteroatoms. The lowest BCUT2D eigenvalue weighted by Gasteiger charge is -2.12. The molecule has 3 rings (SSSR count). The second-order valence-corrected chi connectivity index (χ2v) is 6.59. The Morgan fingerprint density at radius 2 is 1.81 bits per heavy atom. The minimum atomic E-state index is -4.67. The number of carbonyl (C=O) groups excluding carboxylic acids is 2. The summed E-state index contributed by atoms with van der Waals surface area (Å²) in [7, 11) is 0. The molecule has 0 saturated carbocycles. The molecular formula is C22H19F3N4O2. The second-order valence-electron chi connectivity index (χ2n) is 6.59. The van der Waals surface area contributed by atoms with Crippen LogP contribution in [0.3, 0.4) is 0 Å². The predicted molar refractivity (Wildman–Crippen MR) is 110 cm³/mol. The van der Waals surface area contributed by atoms with Gasteiger partial charge in [0.15, 0.2) is 0 Å². The van der Waals surface area contributed by atoms with E-state index in [0.29, 0.717) is 17.3 Å². The number of nitrogens with one attached hydrogen (secondary N) is 2. The lowest BCUT2D eigenvalue weighted by molar-refractivity contribution is -0.117. The minimum absolute atomic E-state index is 0.00186. The van der Waals surface area contributed by atoms with Crippen molar-refractivity contribution in [2.45, 2.75) is 19.3 Å². The number of amides is 2. The van der Waals surface area contributed by atoms with E-state index >= 15 is 0 Å². The van der Waals surface area contributed by atoms with Crippen molar-refractivity contribution in [3.05, 3.63) is 90.3 Å². The summed E-state index contributed by atoms with van der Waals surface area (Å²) in [6.45, 7) is 0.0383. The first-order chi connectivity index (χ1) is 14.8. The third kappa shape index (κ3) is 6.56. The van der Waals surface area contributed by atoms with E-state index in [1.807, 2.05) is 0 Å². The molecular weight excluding hydrogens is 409 g/mol. The molecule has 2 amide bonds. The van der Waals surface area contributed by atoms with Crippen molar-refractivity contribution in [2.24, 2.45) is 0 Å². The maximum absolute atomic E-state index is 13.3. The maximum Gasteiger partial charge on any atom is 0.417 e. The summed E-state index contributed by atoms with van der Waals surface area (Å²) in [5.41, 5.74) is 0.00361.